The molecule has 4 heterocycles. The highest BCUT2D eigenvalue weighted by molar-refractivity contribution is 9.11. The molecular formula is C76H63Br7F7N11O10. The summed E-state index contributed by atoms with van der Waals surface area (Å²) >= 11 is 22.3. The van der Waals surface area contributed by atoms with Crippen molar-refractivity contribution in [3.8, 4) is 11.5 Å². The van der Waals surface area contributed by atoms with Crippen LogP contribution in [0.4, 0.5) is 47.8 Å². The second-order valence-corrected chi connectivity index (χ2v) is 28.6. The fourth-order valence-electron chi connectivity index (χ4n) is 9.46. The maximum absolute atomic E-state index is 13.4. The summed E-state index contributed by atoms with van der Waals surface area (Å²) in [4.78, 5) is 69.3. The Morgan fingerprint density at radius 3 is 1.25 bits per heavy atom. The van der Waals surface area contributed by atoms with Gasteiger partial charge >= 0.3 is 17.9 Å². The first-order chi connectivity index (χ1) is 52.8. The number of amides is 2. The molecular weight excluding hydrogens is 1920 g/mol. The number of carboxylic acids is 1. The van der Waals surface area contributed by atoms with Crippen LogP contribution in [-0.2, 0) is 27.4 Å². The number of nitrogens with two attached hydrogens (primary N) is 2. The topological polar surface area (TPSA) is 329 Å². The lowest BCUT2D eigenvalue weighted by atomic mass is 10.2. The Kier molecular flexibility index (Phi) is 33.7. The number of aromatic nitrogens is 4. The van der Waals surface area contributed by atoms with Crippen LogP contribution in [0.3, 0.4) is 0 Å². The van der Waals surface area contributed by atoms with Crippen molar-refractivity contribution in [2.45, 2.75) is 33.9 Å². The molecule has 0 atom stereocenters. The molecule has 21 nitrogen and oxygen atoms in total. The second-order valence-electron chi connectivity index (χ2n) is 22.6. The summed E-state index contributed by atoms with van der Waals surface area (Å²) in [7, 11) is 1.60. The van der Waals surface area contributed by atoms with Crippen LogP contribution in [0, 0.1) is 40.7 Å². The van der Waals surface area contributed by atoms with E-state index in [2.05, 4.69) is 158 Å². The van der Waals surface area contributed by atoms with Crippen molar-refractivity contribution in [3.63, 3.8) is 0 Å². The minimum Gasteiger partial charge on any atom is -0.508 e. The molecule has 0 aliphatic rings. The highest BCUT2D eigenvalue weighted by atomic mass is 79.9. The number of hydrogen-bond acceptors (Lipinski definition) is 14. The van der Waals surface area contributed by atoms with Gasteiger partial charge in [0.15, 0.2) is 0 Å². The van der Waals surface area contributed by atoms with Crippen molar-refractivity contribution in [3.05, 3.63) is 282 Å². The van der Waals surface area contributed by atoms with Gasteiger partial charge in [0.2, 0.25) is 0 Å². The minimum atomic E-state index is -1.06. The lowest BCUT2D eigenvalue weighted by Crippen LogP contribution is -2.23. The third-order valence-electron chi connectivity index (χ3n) is 14.6. The van der Waals surface area contributed by atoms with E-state index in [9.17, 15) is 59.8 Å². The third kappa shape index (κ3) is 26.6. The van der Waals surface area contributed by atoms with Gasteiger partial charge < -0.3 is 66.2 Å². The minimum absolute atomic E-state index is 0.0475. The first-order valence-corrected chi connectivity index (χ1v) is 37.7. The van der Waals surface area contributed by atoms with Gasteiger partial charge in [0.05, 0.1) is 53.8 Å². The maximum atomic E-state index is 13.4. The fourth-order valence-corrected chi connectivity index (χ4v) is 12.9. The molecule has 0 saturated heterocycles. The van der Waals surface area contributed by atoms with Gasteiger partial charge in [-0.1, -0.05) is 24.3 Å². The van der Waals surface area contributed by atoms with E-state index in [0.717, 1.165) is 16.9 Å². The number of aromatic amines is 4. The van der Waals surface area contributed by atoms with E-state index in [0.29, 0.717) is 129 Å². The number of carboxylic acid groups (broad SMARTS) is 1. The number of carbonyl (C=O) groups is 5. The number of ether oxygens (including phenoxy) is 3. The number of aromatic hydroxyl groups is 1. The zero-order valence-electron chi connectivity index (χ0n) is 58.1. The molecule has 4 aromatic heterocycles. The Morgan fingerprint density at radius 2 is 0.847 bits per heavy atom. The lowest BCUT2D eigenvalue weighted by Gasteiger charge is -2.06. The molecule has 0 radical (unpaired) electrons. The number of benzene rings is 9. The summed E-state index contributed by atoms with van der Waals surface area (Å²) in [5.41, 5.74) is 17.9. The number of anilines is 3. The summed E-state index contributed by atoms with van der Waals surface area (Å²) in [5.74, 6) is 1.04. The summed E-state index contributed by atoms with van der Waals surface area (Å²) in [6.45, 7) is 6.25. The van der Waals surface area contributed by atoms with Crippen LogP contribution in [0.5, 0.6) is 11.5 Å². The summed E-state index contributed by atoms with van der Waals surface area (Å²) in [6.07, 6.45) is 0. The number of esters is 2. The average molecular weight is 1980 g/mol. The van der Waals surface area contributed by atoms with Crippen molar-refractivity contribution >= 4 is 208 Å². The normalized spacial score (nSPS) is 10.6. The molecule has 580 valence electrons. The fraction of sp³-hybridized carbons (Fsp3) is 0.105. The summed E-state index contributed by atoms with van der Waals surface area (Å²) in [6, 6.07) is 43.5. The Bertz CT molecular complexity index is 5540. The molecule has 0 spiro atoms. The van der Waals surface area contributed by atoms with Gasteiger partial charge in [0, 0.05) is 71.6 Å². The van der Waals surface area contributed by atoms with Gasteiger partial charge in [0.1, 0.15) is 80.7 Å². The molecule has 0 aliphatic carbocycles. The van der Waals surface area contributed by atoms with Crippen molar-refractivity contribution < 1.29 is 79.1 Å². The Balaban J connectivity index is 0.000000184. The number of halogens is 14. The first kappa shape index (κ1) is 88.2. The SMILES string of the molecule is CCOC(=O)/C(C)=N/Nc1ccc(F)cc1Br.CCOC(=O)c1cc2cc(F)cc(Br)c2[nH]1.COc1cccc(CNC(=O)c2cc3cc(F)cc(Br)c3[nH]2)c1.NNc1ccc(F)cc1Br.Nc1ccc(F)cc1Br.O=C(NCc1cccc(O)c1)c1cc2cc(F)cc(Br)c2[nH]1.O=C(O)c1cc2cc(F)cc(Br)c2[nH]1. The van der Waals surface area contributed by atoms with E-state index in [1.807, 2.05) is 24.3 Å². The van der Waals surface area contributed by atoms with E-state index in [4.69, 9.17) is 30.9 Å². The number of carbonyl (C=O) groups excluding carboxylic acids is 4. The molecule has 2 amide bonds. The molecule has 0 aliphatic heterocycles. The van der Waals surface area contributed by atoms with Gasteiger partial charge in [0.25, 0.3) is 11.8 Å². The molecule has 0 saturated carbocycles. The molecule has 9 aromatic carbocycles. The average Bonchev–Trinajstić information content (AvgIpc) is 1.68. The molecule has 0 unspecified atom stereocenters. The Labute approximate surface area is 686 Å². The third-order valence-corrected chi connectivity index (χ3v) is 19.1. The van der Waals surface area contributed by atoms with E-state index >= 15 is 0 Å². The summed E-state index contributed by atoms with van der Waals surface area (Å²) < 4.78 is 109. The van der Waals surface area contributed by atoms with Crippen molar-refractivity contribution in [2.24, 2.45) is 10.9 Å². The van der Waals surface area contributed by atoms with Crippen LogP contribution in [0.25, 0.3) is 43.6 Å². The van der Waals surface area contributed by atoms with Gasteiger partial charge in [-0.15, -0.1) is 0 Å². The molecule has 0 bridgehead atoms. The van der Waals surface area contributed by atoms with E-state index in [1.54, 1.807) is 69.5 Å². The Morgan fingerprint density at radius 1 is 0.459 bits per heavy atom. The number of hydrogen-bond donors (Lipinski definition) is 12. The number of aromatic carboxylic acids is 1. The van der Waals surface area contributed by atoms with Crippen molar-refractivity contribution in [1.29, 1.82) is 0 Å². The van der Waals surface area contributed by atoms with Crippen molar-refractivity contribution in [1.82, 2.24) is 30.6 Å². The van der Waals surface area contributed by atoms with Crippen LogP contribution in [0.15, 0.2) is 212 Å². The molecule has 14 N–H and O–H groups in total. The number of H-pyrrole nitrogens is 4. The van der Waals surface area contributed by atoms with Crippen molar-refractivity contribution in [2.75, 3.05) is 36.9 Å². The van der Waals surface area contributed by atoms with Crippen LogP contribution in [-0.4, -0.2) is 85.9 Å². The van der Waals surface area contributed by atoms with Crippen LogP contribution >= 0.6 is 112 Å². The molecule has 0 fully saturated rings. The zero-order chi connectivity index (χ0) is 81.3. The number of nitrogens with zero attached hydrogens (tertiary/aromatic N) is 1. The van der Waals surface area contributed by atoms with E-state index < -0.39 is 23.7 Å². The molecule has 13 rings (SSSR count). The summed E-state index contributed by atoms with van der Waals surface area (Å²) in [5, 5.41) is 29.9. The number of methoxy groups -OCH3 is 1. The Hall–Kier alpha value is -10.0. The molecule has 111 heavy (non-hydrogen) atoms. The predicted molar refractivity (Wildman–Crippen MR) is 438 cm³/mol. The first-order valence-electron chi connectivity index (χ1n) is 32.1. The zero-order valence-corrected chi connectivity index (χ0v) is 69.2. The number of rotatable bonds is 15. The van der Waals surface area contributed by atoms with E-state index in [-0.39, 0.29) is 70.4 Å². The number of hydrazone groups is 1. The number of nitrogen functional groups attached to an aromatic ring is 2. The van der Waals surface area contributed by atoms with E-state index in [1.165, 1.54) is 110 Å². The molecule has 35 heteroatoms. The number of phenols is 1. The maximum Gasteiger partial charge on any atom is 0.354 e. The standard InChI is InChI=1S/C17H14BrFN2O2.C16H12BrFN2O2.C11H12BrFN2O2.C11H9BrFNO2.C9H5BrFNO2.C6H6BrFN2.C6H5BrFN/c1-23-13-4-2-3-10(5-13)9-20-17(22)15-7-11-6-12(19)8-14(18)16(11)21-15;17-13-7-11(18)5-10-6-14(20-15(10)13)16(22)19-8-9-2-1-3-12(21)4-9;1-3-17-11(16)7(2)14-15-10-5-4-8(13)6-9(10)12;1-2-16-11(15)9-4-6-3-7(13)5-8(12)10(6)14-9;10-6-3-5(11)1-4-2-7(9(13)14)12-8(4)6;7-5-3-4(8)1-2-6(5)10-9;7-5-3-4(8)1-2-6(5)9/h2-8,21H,9H2,1H3,(H,20,22);1-7,20-21H,8H2,(H,19,22);4-6,15H,3H2,1-2H3;3-5,14H,2H2,1H3;1-3,12H,(H,13,14);1-3,10H,9H2;1-3H,9H2/b;;14-7+;;;;. The van der Waals surface area contributed by atoms with Gasteiger partial charge in [-0.3, -0.25) is 20.9 Å². The van der Waals surface area contributed by atoms with Gasteiger partial charge in [-0.25, -0.2) is 45.1 Å². The molecule has 13 aromatic rings. The number of hydrazine groups is 1. The highest BCUT2D eigenvalue weighted by Crippen LogP contribution is 2.31. The predicted octanol–water partition coefficient (Wildman–Crippen LogP) is 20.7. The monoisotopic (exact) mass is 1970 g/mol. The van der Waals surface area contributed by atoms with Gasteiger partial charge in [-0.05, 0) is 295 Å². The number of fused-ring (bicyclic) bond motifs is 4. The van der Waals surface area contributed by atoms with Crippen LogP contribution < -0.4 is 37.8 Å². The smallest absolute Gasteiger partial charge is 0.354 e. The highest BCUT2D eigenvalue weighted by Gasteiger charge is 2.17. The van der Waals surface area contributed by atoms with Crippen LogP contribution in [0.2, 0.25) is 0 Å². The quantitative estimate of drug-likeness (QED) is 0.0113. The van der Waals surface area contributed by atoms with Crippen LogP contribution in [0.1, 0.15) is 73.9 Å². The van der Waals surface area contributed by atoms with Gasteiger partial charge in [-0.2, -0.15) is 5.10 Å². The number of phenolic OH excluding ortho intramolecular Hbond substituents is 1. The largest absolute Gasteiger partial charge is 0.508 e. The second kappa shape index (κ2) is 42.4. The lowest BCUT2D eigenvalue weighted by molar-refractivity contribution is -0.135. The number of nitrogens with one attached hydrogen (secondary N) is 8.